The lowest BCUT2D eigenvalue weighted by atomic mass is 9.76. The fourth-order valence-electron chi connectivity index (χ4n) is 2.42. The normalized spacial score (nSPS) is 19.5. The zero-order chi connectivity index (χ0) is 13.3. The van der Waals surface area contributed by atoms with Crippen molar-refractivity contribution >= 4 is 11.6 Å². The first-order valence-corrected chi connectivity index (χ1v) is 6.53. The predicted molar refractivity (Wildman–Crippen MR) is 71.6 cm³/mol. The molecule has 0 N–H and O–H groups in total. The van der Waals surface area contributed by atoms with Gasteiger partial charge in [0.15, 0.2) is 0 Å². The van der Waals surface area contributed by atoms with Crippen LogP contribution in [0.2, 0.25) is 0 Å². The predicted octanol–water partition coefficient (Wildman–Crippen LogP) is 3.29. The van der Waals surface area contributed by atoms with Crippen molar-refractivity contribution < 1.29 is 9.59 Å². The minimum atomic E-state index is -0.368. The number of fused-ring (bicyclic) bond motifs is 1. The number of ketones is 2. The molecule has 1 aliphatic rings. The number of carbonyl (C=O) groups is 2. The van der Waals surface area contributed by atoms with Gasteiger partial charge in [-0.3, -0.25) is 9.59 Å². The standard InChI is InChI=1S/C16H20O2/c1-16(2,3)15(18)10-13-12-7-5-4-6-11(12)8-9-14(13)17/h4-7,13H,8-10H2,1-3H3/t13-/m1/s1. The summed E-state index contributed by atoms with van der Waals surface area (Å²) in [6, 6.07) is 8.01. The maximum absolute atomic E-state index is 12.1. The molecule has 18 heavy (non-hydrogen) atoms. The zero-order valence-electron chi connectivity index (χ0n) is 11.3. The van der Waals surface area contributed by atoms with Crippen molar-refractivity contribution in [3.63, 3.8) is 0 Å². The van der Waals surface area contributed by atoms with Crippen LogP contribution in [0.1, 0.15) is 50.7 Å². The van der Waals surface area contributed by atoms with E-state index in [9.17, 15) is 9.59 Å². The molecule has 0 amide bonds. The lowest BCUT2D eigenvalue weighted by molar-refractivity contribution is -0.130. The van der Waals surface area contributed by atoms with Crippen molar-refractivity contribution in [2.45, 2.75) is 46.0 Å². The molecule has 0 saturated heterocycles. The fourth-order valence-corrected chi connectivity index (χ4v) is 2.42. The molecule has 1 aromatic rings. The smallest absolute Gasteiger partial charge is 0.141 e. The molecular formula is C16H20O2. The molecule has 0 radical (unpaired) electrons. The van der Waals surface area contributed by atoms with E-state index in [0.717, 1.165) is 12.0 Å². The first kappa shape index (κ1) is 13.0. The van der Waals surface area contributed by atoms with Crippen LogP contribution in [-0.2, 0) is 16.0 Å². The number of hydrogen-bond donors (Lipinski definition) is 0. The van der Waals surface area contributed by atoms with Gasteiger partial charge in [0.1, 0.15) is 11.6 Å². The molecule has 2 rings (SSSR count). The molecule has 0 aromatic heterocycles. The largest absolute Gasteiger partial charge is 0.299 e. The van der Waals surface area contributed by atoms with Gasteiger partial charge in [0.05, 0.1) is 0 Å². The Labute approximate surface area is 108 Å². The average Bonchev–Trinajstić information content (AvgIpc) is 2.31. The Balaban J connectivity index is 2.28. The first-order valence-electron chi connectivity index (χ1n) is 6.53. The second-order valence-electron chi connectivity index (χ2n) is 6.10. The van der Waals surface area contributed by atoms with Gasteiger partial charge in [0.25, 0.3) is 0 Å². The lowest BCUT2D eigenvalue weighted by Crippen LogP contribution is -2.28. The van der Waals surface area contributed by atoms with Crippen LogP contribution in [0.3, 0.4) is 0 Å². The minimum absolute atomic E-state index is 0.164. The Morgan fingerprint density at radius 1 is 1.22 bits per heavy atom. The molecule has 2 heteroatoms. The monoisotopic (exact) mass is 244 g/mol. The first-order chi connectivity index (χ1) is 8.39. The van der Waals surface area contributed by atoms with E-state index in [4.69, 9.17) is 0 Å². The Morgan fingerprint density at radius 3 is 2.56 bits per heavy atom. The number of carbonyl (C=O) groups excluding carboxylic acids is 2. The van der Waals surface area contributed by atoms with Crippen LogP contribution in [0, 0.1) is 5.41 Å². The van der Waals surface area contributed by atoms with Gasteiger partial charge in [-0.05, 0) is 17.5 Å². The van der Waals surface area contributed by atoms with Gasteiger partial charge in [-0.25, -0.2) is 0 Å². The number of benzene rings is 1. The van der Waals surface area contributed by atoms with Gasteiger partial charge < -0.3 is 0 Å². The molecule has 1 aliphatic carbocycles. The quantitative estimate of drug-likeness (QED) is 0.800. The van der Waals surface area contributed by atoms with Crippen LogP contribution in [0.5, 0.6) is 0 Å². The van der Waals surface area contributed by atoms with E-state index in [-0.39, 0.29) is 22.9 Å². The summed E-state index contributed by atoms with van der Waals surface area (Å²) in [7, 11) is 0. The van der Waals surface area contributed by atoms with Crippen molar-refractivity contribution in [3.05, 3.63) is 35.4 Å². The molecule has 0 unspecified atom stereocenters. The second-order valence-corrected chi connectivity index (χ2v) is 6.10. The van der Waals surface area contributed by atoms with Crippen LogP contribution < -0.4 is 0 Å². The maximum atomic E-state index is 12.1. The average molecular weight is 244 g/mol. The van der Waals surface area contributed by atoms with Gasteiger partial charge in [-0.2, -0.15) is 0 Å². The molecule has 2 nitrogen and oxygen atoms in total. The summed E-state index contributed by atoms with van der Waals surface area (Å²) in [5.74, 6) is 0.158. The van der Waals surface area contributed by atoms with Crippen LogP contribution >= 0.6 is 0 Å². The summed E-state index contributed by atoms with van der Waals surface area (Å²) in [4.78, 5) is 24.2. The topological polar surface area (TPSA) is 34.1 Å². The highest BCUT2D eigenvalue weighted by Gasteiger charge is 2.32. The number of Topliss-reactive ketones (excluding diaryl/α,β-unsaturated/α-hetero) is 2. The zero-order valence-corrected chi connectivity index (χ0v) is 11.3. The SMILES string of the molecule is CC(C)(C)C(=O)C[C@H]1C(=O)CCc2ccccc21. The van der Waals surface area contributed by atoms with E-state index in [1.165, 1.54) is 5.56 Å². The minimum Gasteiger partial charge on any atom is -0.299 e. The third kappa shape index (κ3) is 2.53. The van der Waals surface area contributed by atoms with E-state index < -0.39 is 0 Å². The molecule has 0 bridgehead atoms. The summed E-state index contributed by atoms with van der Waals surface area (Å²) in [5.41, 5.74) is 1.92. The maximum Gasteiger partial charge on any atom is 0.141 e. The van der Waals surface area contributed by atoms with Crippen LogP contribution in [0.15, 0.2) is 24.3 Å². The fraction of sp³-hybridized carbons (Fsp3) is 0.500. The molecule has 1 atom stereocenters. The van der Waals surface area contributed by atoms with Crippen molar-refractivity contribution in [1.82, 2.24) is 0 Å². The summed E-state index contributed by atoms with van der Waals surface area (Å²) in [5, 5.41) is 0. The van der Waals surface area contributed by atoms with Crippen molar-refractivity contribution in [1.29, 1.82) is 0 Å². The molecule has 0 aliphatic heterocycles. The number of hydrogen-bond acceptors (Lipinski definition) is 2. The van der Waals surface area contributed by atoms with Crippen molar-refractivity contribution in [3.8, 4) is 0 Å². The van der Waals surface area contributed by atoms with E-state index in [1.807, 2.05) is 39.0 Å². The Bertz CT molecular complexity index is 480. The van der Waals surface area contributed by atoms with E-state index in [2.05, 4.69) is 6.07 Å². The summed E-state index contributed by atoms with van der Waals surface area (Å²) in [6.45, 7) is 5.73. The second kappa shape index (κ2) is 4.68. The summed E-state index contributed by atoms with van der Waals surface area (Å²) >= 11 is 0. The Kier molecular flexibility index (Phi) is 3.38. The highest BCUT2D eigenvalue weighted by molar-refractivity contribution is 5.94. The highest BCUT2D eigenvalue weighted by Crippen LogP contribution is 2.33. The highest BCUT2D eigenvalue weighted by atomic mass is 16.1. The molecule has 96 valence electrons. The Hall–Kier alpha value is -1.44. The van der Waals surface area contributed by atoms with Crippen LogP contribution in [-0.4, -0.2) is 11.6 Å². The molecule has 0 fully saturated rings. The van der Waals surface area contributed by atoms with E-state index >= 15 is 0 Å². The van der Waals surface area contributed by atoms with Crippen LogP contribution in [0.4, 0.5) is 0 Å². The van der Waals surface area contributed by atoms with E-state index in [0.29, 0.717) is 12.8 Å². The molecule has 0 spiro atoms. The van der Waals surface area contributed by atoms with Gasteiger partial charge >= 0.3 is 0 Å². The number of aryl methyl sites for hydroxylation is 1. The molecule has 0 saturated carbocycles. The third-order valence-electron chi connectivity index (χ3n) is 3.69. The van der Waals surface area contributed by atoms with Gasteiger partial charge in [-0.15, -0.1) is 0 Å². The van der Waals surface area contributed by atoms with Gasteiger partial charge in [0.2, 0.25) is 0 Å². The molecular weight excluding hydrogens is 224 g/mol. The van der Waals surface area contributed by atoms with Crippen molar-refractivity contribution in [2.24, 2.45) is 5.41 Å². The third-order valence-corrected chi connectivity index (χ3v) is 3.69. The lowest BCUT2D eigenvalue weighted by Gasteiger charge is -2.26. The van der Waals surface area contributed by atoms with Gasteiger partial charge in [0, 0.05) is 24.2 Å². The summed E-state index contributed by atoms with van der Waals surface area (Å²) in [6.07, 6.45) is 1.73. The van der Waals surface area contributed by atoms with Crippen molar-refractivity contribution in [2.75, 3.05) is 0 Å². The van der Waals surface area contributed by atoms with E-state index in [1.54, 1.807) is 0 Å². The molecule has 1 aromatic carbocycles. The van der Waals surface area contributed by atoms with Gasteiger partial charge in [-0.1, -0.05) is 45.0 Å². The number of rotatable bonds is 2. The molecule has 0 heterocycles. The van der Waals surface area contributed by atoms with Crippen LogP contribution in [0.25, 0.3) is 0 Å². The Morgan fingerprint density at radius 2 is 1.89 bits per heavy atom. The summed E-state index contributed by atoms with van der Waals surface area (Å²) < 4.78 is 0.